The van der Waals surface area contributed by atoms with E-state index in [4.69, 9.17) is 8.48 Å². The monoisotopic (exact) mass is 215 g/mol. The number of rotatable bonds is 1. The number of halogens is 1. The first-order chi connectivity index (χ1) is 5.82. The first-order valence-corrected chi connectivity index (χ1v) is 4.18. The molecule has 0 bridgehead atoms. The highest BCUT2D eigenvalue weighted by atomic mass is 79.9. The SMILES string of the molecule is [2H]C([2H])(N)c1c(C)cc(Br)cc1C. The molecule has 11 heavy (non-hydrogen) atoms. The Balaban J connectivity index is 3.38. The maximum atomic E-state index is 7.45. The third kappa shape index (κ3) is 1.82. The Morgan fingerprint density at radius 1 is 1.45 bits per heavy atom. The summed E-state index contributed by atoms with van der Waals surface area (Å²) in [6.07, 6.45) is 0. The van der Waals surface area contributed by atoms with Crippen LogP contribution in [0.3, 0.4) is 0 Å². The molecule has 1 nitrogen and oxygen atoms in total. The fourth-order valence-electron chi connectivity index (χ4n) is 1.14. The molecule has 0 saturated carbocycles. The summed E-state index contributed by atoms with van der Waals surface area (Å²) in [7, 11) is 0. The van der Waals surface area contributed by atoms with E-state index in [0.717, 1.165) is 15.6 Å². The van der Waals surface area contributed by atoms with E-state index in [1.807, 2.05) is 26.0 Å². The quantitative estimate of drug-likeness (QED) is 0.766. The van der Waals surface area contributed by atoms with Crippen molar-refractivity contribution in [1.29, 1.82) is 0 Å². The van der Waals surface area contributed by atoms with Gasteiger partial charge >= 0.3 is 0 Å². The van der Waals surface area contributed by atoms with E-state index < -0.39 is 6.50 Å². The van der Waals surface area contributed by atoms with Crippen molar-refractivity contribution < 1.29 is 2.74 Å². The molecule has 0 aromatic heterocycles. The molecular weight excluding hydrogens is 202 g/mol. The average molecular weight is 216 g/mol. The van der Waals surface area contributed by atoms with Gasteiger partial charge in [0.2, 0.25) is 0 Å². The van der Waals surface area contributed by atoms with Gasteiger partial charge in [-0.25, -0.2) is 0 Å². The minimum atomic E-state index is -1.76. The van der Waals surface area contributed by atoms with Gasteiger partial charge in [-0.1, -0.05) is 15.9 Å². The zero-order valence-electron chi connectivity index (χ0n) is 8.61. The first-order valence-electron chi connectivity index (χ1n) is 4.38. The summed E-state index contributed by atoms with van der Waals surface area (Å²) >= 11 is 3.35. The number of hydrogen-bond acceptors (Lipinski definition) is 1. The highest BCUT2D eigenvalue weighted by Crippen LogP contribution is 2.19. The van der Waals surface area contributed by atoms with Gasteiger partial charge in [0.1, 0.15) is 0 Å². The Labute approximate surface area is 78.5 Å². The van der Waals surface area contributed by atoms with E-state index >= 15 is 0 Å². The van der Waals surface area contributed by atoms with Crippen LogP contribution < -0.4 is 5.73 Å². The zero-order valence-corrected chi connectivity index (χ0v) is 8.20. The molecule has 0 atom stereocenters. The van der Waals surface area contributed by atoms with Crippen molar-refractivity contribution in [2.24, 2.45) is 5.73 Å². The summed E-state index contributed by atoms with van der Waals surface area (Å²) in [5, 5.41) is 0. The molecule has 0 heterocycles. The lowest BCUT2D eigenvalue weighted by Crippen LogP contribution is -2.01. The van der Waals surface area contributed by atoms with Gasteiger partial charge in [-0.15, -0.1) is 0 Å². The maximum absolute atomic E-state index is 7.45. The fourth-order valence-corrected chi connectivity index (χ4v) is 1.83. The van der Waals surface area contributed by atoms with Crippen molar-refractivity contribution in [1.82, 2.24) is 0 Å². The molecule has 0 amide bonds. The lowest BCUT2D eigenvalue weighted by molar-refractivity contribution is 1.03. The van der Waals surface area contributed by atoms with Crippen LogP contribution in [0.4, 0.5) is 0 Å². The Morgan fingerprint density at radius 2 is 1.91 bits per heavy atom. The summed E-state index contributed by atoms with van der Waals surface area (Å²) in [6.45, 7) is 1.96. The Morgan fingerprint density at radius 3 is 2.27 bits per heavy atom. The molecule has 2 heteroatoms. The van der Waals surface area contributed by atoms with Crippen LogP contribution in [0, 0.1) is 13.8 Å². The summed E-state index contributed by atoms with van der Waals surface area (Å²) in [4.78, 5) is 0. The molecular formula is C9H12BrN. The van der Waals surface area contributed by atoms with Gasteiger partial charge in [-0.2, -0.15) is 0 Å². The molecule has 0 spiro atoms. The lowest BCUT2D eigenvalue weighted by Gasteiger charge is -2.07. The standard InChI is InChI=1S/C9H12BrN/c1-6-3-8(10)4-7(2)9(6)5-11/h3-4H,5,11H2,1-2H3/i5D2. The first kappa shape index (κ1) is 6.21. The van der Waals surface area contributed by atoms with E-state index in [1.54, 1.807) is 0 Å². The number of nitrogens with two attached hydrogens (primary N) is 1. The predicted molar refractivity (Wildman–Crippen MR) is 51.5 cm³/mol. The minimum absolute atomic E-state index is 0.579. The van der Waals surface area contributed by atoms with Gasteiger partial charge in [0.15, 0.2) is 0 Å². The molecule has 0 saturated heterocycles. The third-order valence-electron chi connectivity index (χ3n) is 1.64. The van der Waals surface area contributed by atoms with E-state index in [2.05, 4.69) is 15.9 Å². The number of benzene rings is 1. The van der Waals surface area contributed by atoms with Crippen molar-refractivity contribution in [3.8, 4) is 0 Å². The smallest absolute Gasteiger partial charge is 0.0477 e. The van der Waals surface area contributed by atoms with Crippen molar-refractivity contribution >= 4 is 15.9 Å². The molecule has 0 unspecified atom stereocenters. The molecule has 0 radical (unpaired) electrons. The van der Waals surface area contributed by atoms with Crippen molar-refractivity contribution in [3.63, 3.8) is 0 Å². The summed E-state index contributed by atoms with van der Waals surface area (Å²) in [5.41, 5.74) is 7.75. The van der Waals surface area contributed by atoms with Gasteiger partial charge in [-0.05, 0) is 42.7 Å². The molecule has 2 N–H and O–H groups in total. The lowest BCUT2D eigenvalue weighted by atomic mass is 10.0. The van der Waals surface area contributed by atoms with Gasteiger partial charge < -0.3 is 5.73 Å². The summed E-state index contributed by atoms with van der Waals surface area (Å²) in [5.74, 6) is 0. The van der Waals surface area contributed by atoms with Crippen molar-refractivity contribution in [2.45, 2.75) is 20.3 Å². The molecule has 0 fully saturated rings. The molecule has 1 aromatic rings. The second-order valence-corrected chi connectivity index (χ2v) is 3.47. The van der Waals surface area contributed by atoms with Crippen LogP contribution in [-0.4, -0.2) is 0 Å². The minimum Gasteiger partial charge on any atom is -0.326 e. The van der Waals surface area contributed by atoms with Crippen LogP contribution in [0.15, 0.2) is 16.6 Å². The Kier molecular flexibility index (Phi) is 1.90. The molecule has 1 aromatic carbocycles. The van der Waals surface area contributed by atoms with Crippen LogP contribution >= 0.6 is 15.9 Å². The normalized spacial score (nSPS) is 14.2. The van der Waals surface area contributed by atoms with E-state index in [1.165, 1.54) is 0 Å². The highest BCUT2D eigenvalue weighted by molar-refractivity contribution is 9.10. The van der Waals surface area contributed by atoms with Gasteiger partial charge in [0.25, 0.3) is 0 Å². The van der Waals surface area contributed by atoms with Crippen LogP contribution in [0.25, 0.3) is 0 Å². The number of hydrogen-bond donors (Lipinski definition) is 1. The molecule has 0 aliphatic rings. The molecule has 0 aliphatic carbocycles. The topological polar surface area (TPSA) is 26.0 Å². The molecule has 60 valence electrons. The second-order valence-electron chi connectivity index (χ2n) is 2.56. The molecule has 1 rings (SSSR count). The van der Waals surface area contributed by atoms with Gasteiger partial charge in [-0.3, -0.25) is 0 Å². The van der Waals surface area contributed by atoms with E-state index in [0.29, 0.717) is 5.56 Å². The van der Waals surface area contributed by atoms with Crippen molar-refractivity contribution in [3.05, 3.63) is 33.3 Å². The highest BCUT2D eigenvalue weighted by Gasteiger charge is 2.00. The van der Waals surface area contributed by atoms with Crippen LogP contribution in [0.1, 0.15) is 19.4 Å². The zero-order chi connectivity index (χ0) is 10.2. The van der Waals surface area contributed by atoms with Crippen LogP contribution in [-0.2, 0) is 6.50 Å². The fraction of sp³-hybridized carbons (Fsp3) is 0.333. The second kappa shape index (κ2) is 3.37. The predicted octanol–water partition coefficient (Wildman–Crippen LogP) is 2.52. The molecule has 0 aliphatic heterocycles. The summed E-state index contributed by atoms with van der Waals surface area (Å²) < 4.78 is 15.9. The van der Waals surface area contributed by atoms with Crippen LogP contribution in [0.2, 0.25) is 0 Å². The van der Waals surface area contributed by atoms with Gasteiger partial charge in [0, 0.05) is 13.7 Å². The Hall–Kier alpha value is -0.340. The largest absolute Gasteiger partial charge is 0.326 e. The average Bonchev–Trinajstić information content (AvgIpc) is 1.78. The van der Waals surface area contributed by atoms with Crippen LogP contribution in [0.5, 0.6) is 0 Å². The third-order valence-corrected chi connectivity index (χ3v) is 2.10. The maximum Gasteiger partial charge on any atom is 0.0477 e. The van der Waals surface area contributed by atoms with E-state index in [-0.39, 0.29) is 0 Å². The van der Waals surface area contributed by atoms with Gasteiger partial charge in [0.05, 0.1) is 0 Å². The Bertz CT molecular complexity index is 308. The van der Waals surface area contributed by atoms with E-state index in [9.17, 15) is 0 Å². The summed E-state index contributed by atoms with van der Waals surface area (Å²) in [6, 6.07) is 3.74. The number of aryl methyl sites for hydroxylation is 2. The van der Waals surface area contributed by atoms with Crippen molar-refractivity contribution in [2.75, 3.05) is 0 Å².